The molecule has 0 radical (unpaired) electrons. The first-order valence-electron chi connectivity index (χ1n) is 10.2. The number of fused-ring (bicyclic) bond motifs is 1. The number of hydrogen-bond acceptors (Lipinski definition) is 6. The molecule has 4 rings (SSSR count). The second-order valence-corrected chi connectivity index (χ2v) is 8.99. The van der Waals surface area contributed by atoms with Gasteiger partial charge in [-0.05, 0) is 48.7 Å². The average Bonchev–Trinajstić information content (AvgIpc) is 3.07. The van der Waals surface area contributed by atoms with Crippen LogP contribution in [0.25, 0.3) is 0 Å². The van der Waals surface area contributed by atoms with E-state index in [0.29, 0.717) is 35.9 Å². The Kier molecular flexibility index (Phi) is 6.01. The molecule has 0 bridgehead atoms. The monoisotopic (exact) mass is 455 g/mol. The van der Waals surface area contributed by atoms with Gasteiger partial charge in [0.15, 0.2) is 11.5 Å². The molecule has 2 aliphatic rings. The van der Waals surface area contributed by atoms with E-state index < -0.39 is 11.6 Å². The molecule has 4 amide bonds. The van der Waals surface area contributed by atoms with E-state index in [2.05, 4.69) is 10.6 Å². The van der Waals surface area contributed by atoms with Crippen molar-refractivity contribution in [1.29, 1.82) is 0 Å². The summed E-state index contributed by atoms with van der Waals surface area (Å²) in [5, 5.41) is 4.92. The maximum absolute atomic E-state index is 13.4. The van der Waals surface area contributed by atoms with Crippen LogP contribution in [0.3, 0.4) is 0 Å². The molecule has 2 aliphatic heterocycles. The van der Waals surface area contributed by atoms with E-state index in [1.165, 1.54) is 11.8 Å². The molecule has 8 nitrogen and oxygen atoms in total. The summed E-state index contributed by atoms with van der Waals surface area (Å²) in [6.07, 6.45) is 0.723. The number of nitrogens with one attached hydrogen (secondary N) is 2. The number of rotatable bonds is 6. The molecule has 0 spiro atoms. The summed E-state index contributed by atoms with van der Waals surface area (Å²) >= 11 is 1.38. The third-order valence-corrected chi connectivity index (χ3v) is 7.15. The van der Waals surface area contributed by atoms with Gasteiger partial charge in [0.2, 0.25) is 0 Å². The van der Waals surface area contributed by atoms with Crippen molar-refractivity contribution in [2.24, 2.45) is 0 Å². The molecule has 2 aromatic carbocycles. The SMILES string of the molecule is COc1cc2c(cc1OC)CN(C(=O)c1ccccc1SC[C@@]1(C)NC(=O)NC1=O)CC2. The highest BCUT2D eigenvalue weighted by atomic mass is 32.2. The standard InChI is InChI=1S/C23H25N3O5S/c1-23(21(28)24-22(29)25-23)13-32-19-7-5-4-6-16(19)20(27)26-9-8-14-10-17(30-2)18(31-3)11-15(14)12-26/h4-7,10-11H,8-9,12-13H2,1-3H3,(H2,24,25,28,29)/t23-/m1/s1. The van der Waals surface area contributed by atoms with Gasteiger partial charge < -0.3 is 19.7 Å². The van der Waals surface area contributed by atoms with E-state index in [4.69, 9.17) is 9.47 Å². The van der Waals surface area contributed by atoms with Crippen LogP contribution >= 0.6 is 11.8 Å². The van der Waals surface area contributed by atoms with Crippen LogP contribution in [-0.4, -0.2) is 54.8 Å². The van der Waals surface area contributed by atoms with Crippen molar-refractivity contribution in [3.8, 4) is 11.5 Å². The minimum absolute atomic E-state index is 0.0707. The zero-order valence-corrected chi connectivity index (χ0v) is 19.0. The lowest BCUT2D eigenvalue weighted by Gasteiger charge is -2.30. The molecular formula is C23H25N3O5S. The number of thioether (sulfide) groups is 1. The molecule has 2 N–H and O–H groups in total. The van der Waals surface area contributed by atoms with Crippen LogP contribution in [-0.2, 0) is 17.8 Å². The van der Waals surface area contributed by atoms with Gasteiger partial charge in [-0.25, -0.2) is 4.79 Å². The Morgan fingerprint density at radius 1 is 1.12 bits per heavy atom. The third-order valence-electron chi connectivity index (χ3n) is 5.76. The lowest BCUT2D eigenvalue weighted by Crippen LogP contribution is -2.46. The first-order valence-corrected chi connectivity index (χ1v) is 11.2. The number of hydrogen-bond donors (Lipinski definition) is 2. The predicted octanol–water partition coefficient (Wildman–Crippen LogP) is 2.59. The number of imide groups is 1. The number of carbonyl (C=O) groups is 3. The van der Waals surface area contributed by atoms with Gasteiger partial charge in [-0.1, -0.05) is 12.1 Å². The molecule has 1 fully saturated rings. The Hall–Kier alpha value is -3.20. The highest BCUT2D eigenvalue weighted by Crippen LogP contribution is 2.34. The highest BCUT2D eigenvalue weighted by Gasteiger charge is 2.42. The largest absolute Gasteiger partial charge is 0.493 e. The van der Waals surface area contributed by atoms with Crippen LogP contribution in [0.1, 0.15) is 28.4 Å². The molecule has 32 heavy (non-hydrogen) atoms. The van der Waals surface area contributed by atoms with E-state index in [1.54, 1.807) is 27.2 Å². The number of carbonyl (C=O) groups excluding carboxylic acids is 3. The number of nitrogens with zero attached hydrogens (tertiary/aromatic N) is 1. The summed E-state index contributed by atoms with van der Waals surface area (Å²) in [4.78, 5) is 39.6. The Balaban J connectivity index is 1.52. The number of methoxy groups -OCH3 is 2. The van der Waals surface area contributed by atoms with Crippen molar-refractivity contribution >= 4 is 29.6 Å². The van der Waals surface area contributed by atoms with Crippen LogP contribution in [0, 0.1) is 0 Å². The lowest BCUT2D eigenvalue weighted by molar-refractivity contribution is -0.122. The maximum Gasteiger partial charge on any atom is 0.322 e. The van der Waals surface area contributed by atoms with Crippen molar-refractivity contribution in [2.75, 3.05) is 26.5 Å². The number of ether oxygens (including phenoxy) is 2. The molecule has 0 aliphatic carbocycles. The van der Waals surface area contributed by atoms with Gasteiger partial charge in [0.1, 0.15) is 5.54 Å². The van der Waals surface area contributed by atoms with Crippen LogP contribution in [0.2, 0.25) is 0 Å². The van der Waals surface area contributed by atoms with Crippen LogP contribution in [0.4, 0.5) is 4.79 Å². The van der Waals surface area contributed by atoms with E-state index in [-0.39, 0.29) is 11.8 Å². The van der Waals surface area contributed by atoms with Gasteiger partial charge in [0, 0.05) is 23.7 Å². The zero-order chi connectivity index (χ0) is 22.9. The van der Waals surface area contributed by atoms with Gasteiger partial charge in [-0.2, -0.15) is 0 Å². The van der Waals surface area contributed by atoms with E-state index in [9.17, 15) is 14.4 Å². The predicted molar refractivity (Wildman–Crippen MR) is 120 cm³/mol. The first kappa shape index (κ1) is 22.0. The normalized spacial score (nSPS) is 19.8. The number of benzene rings is 2. The minimum Gasteiger partial charge on any atom is -0.493 e. The van der Waals surface area contributed by atoms with Crippen LogP contribution in [0.5, 0.6) is 11.5 Å². The Morgan fingerprint density at radius 3 is 2.47 bits per heavy atom. The molecule has 0 aromatic heterocycles. The molecule has 1 saturated heterocycles. The summed E-state index contributed by atoms with van der Waals surface area (Å²) in [7, 11) is 3.20. The number of urea groups is 1. The van der Waals surface area contributed by atoms with Crippen molar-refractivity contribution in [2.45, 2.75) is 30.3 Å². The Bertz CT molecular complexity index is 1090. The summed E-state index contributed by atoms with van der Waals surface area (Å²) in [5.74, 6) is 1.20. The van der Waals surface area contributed by atoms with Gasteiger partial charge >= 0.3 is 6.03 Å². The van der Waals surface area contributed by atoms with Crippen molar-refractivity contribution in [1.82, 2.24) is 15.5 Å². The fraction of sp³-hybridized carbons (Fsp3) is 0.348. The first-order chi connectivity index (χ1) is 15.3. The second kappa shape index (κ2) is 8.74. The highest BCUT2D eigenvalue weighted by molar-refractivity contribution is 7.99. The Morgan fingerprint density at radius 2 is 1.81 bits per heavy atom. The number of amides is 4. The third kappa shape index (κ3) is 4.12. The van der Waals surface area contributed by atoms with Gasteiger partial charge in [0.25, 0.3) is 11.8 Å². The van der Waals surface area contributed by atoms with Gasteiger partial charge in [0.05, 0.1) is 19.8 Å². The molecule has 0 saturated carbocycles. The van der Waals surface area contributed by atoms with E-state index in [1.807, 2.05) is 35.2 Å². The van der Waals surface area contributed by atoms with Crippen molar-refractivity contribution < 1.29 is 23.9 Å². The second-order valence-electron chi connectivity index (χ2n) is 7.98. The van der Waals surface area contributed by atoms with E-state index >= 15 is 0 Å². The quantitative estimate of drug-likeness (QED) is 0.513. The smallest absolute Gasteiger partial charge is 0.322 e. The van der Waals surface area contributed by atoms with Gasteiger partial charge in [-0.15, -0.1) is 11.8 Å². The summed E-state index contributed by atoms with van der Waals surface area (Å²) in [6, 6.07) is 10.7. The summed E-state index contributed by atoms with van der Waals surface area (Å²) < 4.78 is 10.8. The zero-order valence-electron chi connectivity index (χ0n) is 18.2. The molecule has 1 atom stereocenters. The lowest BCUT2D eigenvalue weighted by atomic mass is 9.98. The molecular weight excluding hydrogens is 430 g/mol. The maximum atomic E-state index is 13.4. The Labute approximate surface area is 190 Å². The molecule has 2 aromatic rings. The van der Waals surface area contributed by atoms with Crippen molar-refractivity contribution in [3.05, 3.63) is 53.1 Å². The summed E-state index contributed by atoms with van der Waals surface area (Å²) in [5.41, 5.74) is 1.74. The molecule has 9 heteroatoms. The average molecular weight is 456 g/mol. The topological polar surface area (TPSA) is 97.0 Å². The fourth-order valence-electron chi connectivity index (χ4n) is 3.90. The fourth-order valence-corrected chi connectivity index (χ4v) is 5.03. The van der Waals surface area contributed by atoms with Gasteiger partial charge in [-0.3, -0.25) is 14.9 Å². The minimum atomic E-state index is -1.02. The van der Waals surface area contributed by atoms with E-state index in [0.717, 1.165) is 22.4 Å². The molecule has 0 unspecified atom stereocenters. The molecule has 168 valence electrons. The van der Waals surface area contributed by atoms with Crippen LogP contribution in [0.15, 0.2) is 41.3 Å². The summed E-state index contributed by atoms with van der Waals surface area (Å²) in [6.45, 7) is 2.74. The van der Waals surface area contributed by atoms with Crippen molar-refractivity contribution in [3.63, 3.8) is 0 Å². The molecule has 2 heterocycles. The van der Waals surface area contributed by atoms with Crippen LogP contribution < -0.4 is 20.1 Å².